The van der Waals surface area contributed by atoms with Gasteiger partial charge in [-0.1, -0.05) is 18.5 Å². The molecule has 0 saturated carbocycles. The summed E-state index contributed by atoms with van der Waals surface area (Å²) in [6.45, 7) is 0.928. The van der Waals surface area contributed by atoms with Gasteiger partial charge in [-0.2, -0.15) is 0 Å². The lowest BCUT2D eigenvalue weighted by atomic mass is 10.2. The Morgan fingerprint density at radius 3 is 2.84 bits per heavy atom. The molecule has 0 spiro atoms. The van der Waals surface area contributed by atoms with E-state index in [0.29, 0.717) is 17.1 Å². The van der Waals surface area contributed by atoms with E-state index < -0.39 is 12.6 Å². The van der Waals surface area contributed by atoms with E-state index >= 15 is 0 Å². The van der Waals surface area contributed by atoms with Crippen LogP contribution in [0.5, 0.6) is 0 Å². The standard InChI is InChI=1S/C13H14ClFN2O2/c1-2-10(14)4-3-9(8-15)13(19)17-11-5-6-16-12(18)7-11/h3-7H,2,8H2,1H3,(H2,16,17,18,19)/b9-3+,10-4+. The van der Waals surface area contributed by atoms with Gasteiger partial charge >= 0.3 is 0 Å². The zero-order valence-corrected chi connectivity index (χ0v) is 11.1. The van der Waals surface area contributed by atoms with Crippen molar-refractivity contribution in [2.45, 2.75) is 13.3 Å². The average Bonchev–Trinajstić information content (AvgIpc) is 2.39. The Morgan fingerprint density at radius 1 is 1.53 bits per heavy atom. The molecule has 0 aliphatic carbocycles. The Kier molecular flexibility index (Phi) is 6.02. The number of hydrogen-bond donors (Lipinski definition) is 2. The van der Waals surface area contributed by atoms with Gasteiger partial charge in [-0.15, -0.1) is 0 Å². The normalized spacial score (nSPS) is 12.4. The summed E-state index contributed by atoms with van der Waals surface area (Å²) in [5.41, 5.74) is -0.108. The van der Waals surface area contributed by atoms with Crippen LogP contribution >= 0.6 is 11.6 Å². The van der Waals surface area contributed by atoms with Gasteiger partial charge in [-0.3, -0.25) is 9.59 Å². The lowest BCUT2D eigenvalue weighted by molar-refractivity contribution is -0.113. The minimum atomic E-state index is -0.917. The second-order valence-corrected chi connectivity index (χ2v) is 4.17. The van der Waals surface area contributed by atoms with Crippen molar-refractivity contribution in [1.82, 2.24) is 4.98 Å². The SMILES string of the molecule is CC/C(Cl)=C\C=C(/CF)C(=O)Nc1cc[nH]c(=O)c1. The van der Waals surface area contributed by atoms with Crippen molar-refractivity contribution < 1.29 is 9.18 Å². The summed E-state index contributed by atoms with van der Waals surface area (Å²) in [5.74, 6) is -0.607. The number of halogens is 2. The van der Waals surface area contributed by atoms with E-state index in [1.807, 2.05) is 6.92 Å². The van der Waals surface area contributed by atoms with Crippen molar-refractivity contribution in [3.8, 4) is 0 Å². The summed E-state index contributed by atoms with van der Waals surface area (Å²) in [7, 11) is 0. The van der Waals surface area contributed by atoms with Crippen LogP contribution < -0.4 is 10.9 Å². The molecule has 4 nitrogen and oxygen atoms in total. The Hall–Kier alpha value is -1.88. The fraction of sp³-hybridized carbons (Fsp3) is 0.231. The van der Waals surface area contributed by atoms with Crippen LogP contribution in [-0.2, 0) is 4.79 Å². The lowest BCUT2D eigenvalue weighted by Crippen LogP contribution is -2.17. The maximum atomic E-state index is 12.8. The summed E-state index contributed by atoms with van der Waals surface area (Å²) in [5, 5.41) is 2.96. The second-order valence-electron chi connectivity index (χ2n) is 3.69. The minimum absolute atomic E-state index is 0.0631. The number of carbonyl (C=O) groups excluding carboxylic acids is 1. The van der Waals surface area contributed by atoms with Crippen molar-refractivity contribution >= 4 is 23.2 Å². The monoisotopic (exact) mass is 284 g/mol. The fourth-order valence-corrected chi connectivity index (χ4v) is 1.29. The quantitative estimate of drug-likeness (QED) is 0.645. The Bertz CT molecular complexity index is 564. The van der Waals surface area contributed by atoms with E-state index in [2.05, 4.69) is 10.3 Å². The van der Waals surface area contributed by atoms with Crippen molar-refractivity contribution in [2.75, 3.05) is 12.0 Å². The topological polar surface area (TPSA) is 62.0 Å². The molecule has 2 N–H and O–H groups in total. The van der Waals surface area contributed by atoms with Crippen LogP contribution in [-0.4, -0.2) is 17.6 Å². The van der Waals surface area contributed by atoms with E-state index in [1.165, 1.54) is 30.5 Å². The molecule has 102 valence electrons. The van der Waals surface area contributed by atoms with Gasteiger partial charge in [0.2, 0.25) is 5.56 Å². The van der Waals surface area contributed by atoms with Crippen LogP contribution in [0, 0.1) is 0 Å². The Labute approximate surface area is 115 Å². The molecule has 1 heterocycles. The molecule has 0 saturated heterocycles. The number of anilines is 1. The van der Waals surface area contributed by atoms with Gasteiger partial charge < -0.3 is 10.3 Å². The van der Waals surface area contributed by atoms with Crippen LogP contribution in [0.1, 0.15) is 13.3 Å². The number of allylic oxidation sites excluding steroid dienone is 3. The van der Waals surface area contributed by atoms with Crippen LogP contribution in [0.4, 0.5) is 10.1 Å². The predicted octanol–water partition coefficient (Wildman–Crippen LogP) is 2.74. The first-order valence-electron chi connectivity index (χ1n) is 5.68. The second kappa shape index (κ2) is 7.53. The number of aromatic nitrogens is 1. The third kappa shape index (κ3) is 5.09. The van der Waals surface area contributed by atoms with Crippen LogP contribution in [0.25, 0.3) is 0 Å². The fourth-order valence-electron chi connectivity index (χ4n) is 1.22. The molecular formula is C13H14ClFN2O2. The molecule has 19 heavy (non-hydrogen) atoms. The maximum Gasteiger partial charge on any atom is 0.254 e. The summed E-state index contributed by atoms with van der Waals surface area (Å²) in [6, 6.07) is 2.71. The molecule has 0 radical (unpaired) electrons. The number of pyridine rings is 1. The molecule has 1 aromatic heterocycles. The van der Waals surface area contributed by atoms with Crippen LogP contribution in [0.2, 0.25) is 0 Å². The molecule has 0 aliphatic heterocycles. The van der Waals surface area contributed by atoms with Gasteiger partial charge in [0.1, 0.15) is 6.67 Å². The summed E-state index contributed by atoms with van der Waals surface area (Å²) in [6.07, 6.45) is 4.81. The third-order valence-corrected chi connectivity index (χ3v) is 2.66. The minimum Gasteiger partial charge on any atom is -0.329 e. The van der Waals surface area contributed by atoms with Crippen molar-refractivity contribution in [3.05, 3.63) is 51.4 Å². The highest BCUT2D eigenvalue weighted by Crippen LogP contribution is 2.09. The van der Waals surface area contributed by atoms with E-state index in [0.717, 1.165) is 0 Å². The molecule has 1 amide bonds. The maximum absolute atomic E-state index is 12.8. The van der Waals surface area contributed by atoms with E-state index in [4.69, 9.17) is 11.6 Å². The number of amides is 1. The summed E-state index contributed by atoms with van der Waals surface area (Å²) < 4.78 is 12.8. The van der Waals surface area contributed by atoms with Gasteiger partial charge in [0.15, 0.2) is 0 Å². The van der Waals surface area contributed by atoms with Crippen molar-refractivity contribution in [3.63, 3.8) is 0 Å². The number of hydrogen-bond acceptors (Lipinski definition) is 2. The highest BCUT2D eigenvalue weighted by molar-refractivity contribution is 6.29. The van der Waals surface area contributed by atoms with Crippen molar-refractivity contribution in [2.24, 2.45) is 0 Å². The Morgan fingerprint density at radius 2 is 2.26 bits per heavy atom. The third-order valence-electron chi connectivity index (χ3n) is 2.27. The van der Waals surface area contributed by atoms with Gasteiger partial charge in [0.25, 0.3) is 5.91 Å². The highest BCUT2D eigenvalue weighted by atomic mass is 35.5. The number of rotatable bonds is 5. The number of H-pyrrole nitrogens is 1. The zero-order chi connectivity index (χ0) is 14.3. The molecule has 0 fully saturated rings. The van der Waals surface area contributed by atoms with E-state index in [-0.39, 0.29) is 11.1 Å². The zero-order valence-electron chi connectivity index (χ0n) is 10.4. The first kappa shape index (κ1) is 15.2. The Balaban J connectivity index is 2.83. The summed E-state index contributed by atoms with van der Waals surface area (Å²) in [4.78, 5) is 25.2. The average molecular weight is 285 g/mol. The molecule has 1 rings (SSSR count). The number of aromatic amines is 1. The van der Waals surface area contributed by atoms with Gasteiger partial charge in [-0.25, -0.2) is 4.39 Å². The highest BCUT2D eigenvalue weighted by Gasteiger charge is 2.09. The first-order chi connectivity index (χ1) is 9.06. The molecule has 1 aromatic rings. The number of nitrogens with one attached hydrogen (secondary N) is 2. The lowest BCUT2D eigenvalue weighted by Gasteiger charge is -2.05. The molecule has 6 heteroatoms. The van der Waals surface area contributed by atoms with Crippen molar-refractivity contribution in [1.29, 1.82) is 0 Å². The summed E-state index contributed by atoms with van der Waals surface area (Å²) >= 11 is 5.77. The van der Waals surface area contributed by atoms with Gasteiger partial charge in [0, 0.05) is 28.6 Å². The largest absolute Gasteiger partial charge is 0.329 e. The molecule has 0 unspecified atom stereocenters. The molecule has 0 aromatic carbocycles. The van der Waals surface area contributed by atoms with Gasteiger partial charge in [0.05, 0.1) is 0 Å². The first-order valence-corrected chi connectivity index (χ1v) is 6.06. The van der Waals surface area contributed by atoms with E-state index in [9.17, 15) is 14.0 Å². The van der Waals surface area contributed by atoms with E-state index in [1.54, 1.807) is 0 Å². The number of carbonyl (C=O) groups is 1. The predicted molar refractivity (Wildman–Crippen MR) is 74.0 cm³/mol. The molecule has 0 aliphatic rings. The van der Waals surface area contributed by atoms with Crippen LogP contribution in [0.15, 0.2) is 45.9 Å². The van der Waals surface area contributed by atoms with Crippen LogP contribution in [0.3, 0.4) is 0 Å². The molecular weight excluding hydrogens is 271 g/mol. The molecule has 0 atom stereocenters. The molecule has 0 bridgehead atoms. The smallest absolute Gasteiger partial charge is 0.254 e. The number of alkyl halides is 1. The van der Waals surface area contributed by atoms with Gasteiger partial charge in [-0.05, 0) is 24.6 Å².